The average Bonchev–Trinajstić information content (AvgIpc) is 2.90. The van der Waals surface area contributed by atoms with E-state index in [9.17, 15) is 19.8 Å². The van der Waals surface area contributed by atoms with Gasteiger partial charge in [0.25, 0.3) is 0 Å². The molecule has 4 atom stereocenters. The van der Waals surface area contributed by atoms with Gasteiger partial charge in [0, 0.05) is 24.7 Å². The molecule has 0 aromatic carbocycles. The van der Waals surface area contributed by atoms with Gasteiger partial charge in [-0.25, -0.2) is 0 Å². The summed E-state index contributed by atoms with van der Waals surface area (Å²) in [5.41, 5.74) is 0. The number of allylic oxidation sites excluding steroid dienone is 6. The van der Waals surface area contributed by atoms with Gasteiger partial charge in [0.2, 0.25) is 0 Å². The summed E-state index contributed by atoms with van der Waals surface area (Å²) in [7, 11) is 0. The van der Waals surface area contributed by atoms with Gasteiger partial charge in [-0.15, -0.1) is 0 Å². The predicted octanol–water partition coefficient (Wildman–Crippen LogP) is 3.58. The van der Waals surface area contributed by atoms with E-state index in [0.717, 1.165) is 12.8 Å². The molecule has 0 bridgehead atoms. The normalized spacial score (nSPS) is 24.9. The number of hydrogen-bond donors (Lipinski definition) is 3. The van der Waals surface area contributed by atoms with Crippen LogP contribution in [0.4, 0.5) is 0 Å². The Balaban J connectivity index is 2.35. The van der Waals surface area contributed by atoms with E-state index in [4.69, 9.17) is 5.11 Å². The molecule has 5 nitrogen and oxygen atoms in total. The second-order valence-electron chi connectivity index (χ2n) is 6.84. The highest BCUT2D eigenvalue weighted by molar-refractivity contribution is 5.84. The molecule has 3 N–H and O–H groups in total. The third-order valence-electron chi connectivity index (χ3n) is 4.67. The van der Waals surface area contributed by atoms with Crippen molar-refractivity contribution in [2.24, 2.45) is 11.8 Å². The number of Topliss-reactive ketones (excluding diaryl/α,β-unsaturated/α-hetero) is 1. The van der Waals surface area contributed by atoms with E-state index in [1.54, 1.807) is 12.2 Å². The zero-order valence-electron chi connectivity index (χ0n) is 16.0. The highest BCUT2D eigenvalue weighted by Gasteiger charge is 2.39. The van der Waals surface area contributed by atoms with Gasteiger partial charge in [0.05, 0.1) is 12.2 Å². The van der Waals surface area contributed by atoms with Crippen LogP contribution in [-0.2, 0) is 9.59 Å². The summed E-state index contributed by atoms with van der Waals surface area (Å²) in [6.07, 6.45) is 17.7. The van der Waals surface area contributed by atoms with Gasteiger partial charge in [-0.3, -0.25) is 9.59 Å². The number of carboxylic acids is 1. The standard InChI is InChI=1S/C22H32O5/c1-2-17(23)14-15-19-18(20(24)16-21(19)25)12-10-8-6-4-3-5-7-9-11-13-22(26)27/h3-4,7-10,14-15,17-19,21,23,25H,2,5-6,11-13,16H2,1H3,(H,26,27)/b4-3-,9-7-,10-8-,15-14+. The van der Waals surface area contributed by atoms with Crippen LogP contribution >= 0.6 is 0 Å². The molecule has 1 aliphatic carbocycles. The van der Waals surface area contributed by atoms with Crippen LogP contribution in [-0.4, -0.2) is 39.3 Å². The highest BCUT2D eigenvalue weighted by atomic mass is 16.4. The van der Waals surface area contributed by atoms with Gasteiger partial charge in [-0.1, -0.05) is 55.5 Å². The van der Waals surface area contributed by atoms with Crippen LogP contribution in [0.25, 0.3) is 0 Å². The van der Waals surface area contributed by atoms with Crippen LogP contribution in [0.3, 0.4) is 0 Å². The van der Waals surface area contributed by atoms with Crippen molar-refractivity contribution in [1.82, 2.24) is 0 Å². The number of aliphatic carboxylic acids is 1. The summed E-state index contributed by atoms with van der Waals surface area (Å²) in [6.45, 7) is 1.88. The Hall–Kier alpha value is -1.98. The zero-order valence-corrected chi connectivity index (χ0v) is 16.0. The predicted molar refractivity (Wildman–Crippen MR) is 106 cm³/mol. The minimum atomic E-state index is -0.784. The lowest BCUT2D eigenvalue weighted by Crippen LogP contribution is -2.18. The van der Waals surface area contributed by atoms with Gasteiger partial charge in [-0.05, 0) is 32.1 Å². The van der Waals surface area contributed by atoms with E-state index in [2.05, 4.69) is 0 Å². The molecular formula is C22H32O5. The number of aliphatic hydroxyl groups excluding tert-OH is 2. The van der Waals surface area contributed by atoms with Crippen LogP contribution < -0.4 is 0 Å². The fourth-order valence-corrected chi connectivity index (χ4v) is 3.03. The van der Waals surface area contributed by atoms with Gasteiger partial charge in [0.15, 0.2) is 0 Å². The lowest BCUT2D eigenvalue weighted by molar-refractivity contribution is -0.136. The lowest BCUT2D eigenvalue weighted by Gasteiger charge is -2.16. The first-order valence-corrected chi connectivity index (χ1v) is 9.69. The number of rotatable bonds is 12. The molecule has 0 aromatic heterocycles. The summed E-state index contributed by atoms with van der Waals surface area (Å²) in [5.74, 6) is -1.16. The Labute approximate surface area is 161 Å². The Bertz CT molecular complexity index is 573. The maximum atomic E-state index is 12.1. The monoisotopic (exact) mass is 376 g/mol. The van der Waals surface area contributed by atoms with Crippen molar-refractivity contribution < 1.29 is 24.9 Å². The van der Waals surface area contributed by atoms with Crippen molar-refractivity contribution in [3.63, 3.8) is 0 Å². The molecule has 0 spiro atoms. The van der Waals surface area contributed by atoms with Crippen molar-refractivity contribution in [3.05, 3.63) is 48.6 Å². The third-order valence-corrected chi connectivity index (χ3v) is 4.67. The fourth-order valence-electron chi connectivity index (χ4n) is 3.03. The average molecular weight is 376 g/mol. The van der Waals surface area contributed by atoms with Crippen molar-refractivity contribution in [2.75, 3.05) is 0 Å². The first-order valence-electron chi connectivity index (χ1n) is 9.69. The molecule has 0 aliphatic heterocycles. The molecule has 1 saturated carbocycles. The number of carbonyl (C=O) groups excluding carboxylic acids is 1. The second-order valence-corrected chi connectivity index (χ2v) is 6.84. The molecule has 0 amide bonds. The Morgan fingerprint density at radius 2 is 1.78 bits per heavy atom. The third kappa shape index (κ3) is 9.50. The molecule has 0 radical (unpaired) electrons. The van der Waals surface area contributed by atoms with Crippen LogP contribution in [0.1, 0.15) is 51.9 Å². The molecule has 4 unspecified atom stereocenters. The van der Waals surface area contributed by atoms with E-state index < -0.39 is 18.2 Å². The number of ketones is 1. The number of carbonyl (C=O) groups is 2. The van der Waals surface area contributed by atoms with Crippen molar-refractivity contribution in [1.29, 1.82) is 0 Å². The van der Waals surface area contributed by atoms with E-state index in [1.165, 1.54) is 0 Å². The topological polar surface area (TPSA) is 94.8 Å². The van der Waals surface area contributed by atoms with E-state index >= 15 is 0 Å². The summed E-state index contributed by atoms with van der Waals surface area (Å²) >= 11 is 0. The Morgan fingerprint density at radius 3 is 2.41 bits per heavy atom. The highest BCUT2D eigenvalue weighted by Crippen LogP contribution is 2.33. The SMILES string of the molecule is CCC(O)/C=C/C1C(O)CC(=O)C1C/C=C\C/C=C\C/C=C\CCC(=O)O. The van der Waals surface area contributed by atoms with Gasteiger partial charge in [-0.2, -0.15) is 0 Å². The quantitative estimate of drug-likeness (QED) is 0.453. The lowest BCUT2D eigenvalue weighted by atomic mass is 9.90. The van der Waals surface area contributed by atoms with Crippen molar-refractivity contribution in [3.8, 4) is 0 Å². The first kappa shape index (κ1) is 23.1. The van der Waals surface area contributed by atoms with E-state index in [-0.39, 0.29) is 30.5 Å². The summed E-state index contributed by atoms with van der Waals surface area (Å²) in [5, 5.41) is 28.2. The molecular weight excluding hydrogens is 344 g/mol. The fraction of sp³-hybridized carbons (Fsp3) is 0.545. The van der Waals surface area contributed by atoms with Gasteiger partial charge in [0.1, 0.15) is 5.78 Å². The molecule has 0 saturated heterocycles. The zero-order chi connectivity index (χ0) is 20.1. The second kappa shape index (κ2) is 13.2. The van der Waals surface area contributed by atoms with E-state index in [0.29, 0.717) is 19.3 Å². The maximum absolute atomic E-state index is 12.1. The van der Waals surface area contributed by atoms with Crippen LogP contribution in [0, 0.1) is 11.8 Å². The minimum absolute atomic E-state index is 0.0785. The van der Waals surface area contributed by atoms with Crippen molar-refractivity contribution in [2.45, 2.75) is 64.1 Å². The smallest absolute Gasteiger partial charge is 0.303 e. The molecule has 0 heterocycles. The van der Waals surface area contributed by atoms with Gasteiger partial charge >= 0.3 is 5.97 Å². The summed E-state index contributed by atoms with van der Waals surface area (Å²) in [6, 6.07) is 0. The molecule has 0 aromatic rings. The Kier molecular flexibility index (Phi) is 11.3. The molecule has 27 heavy (non-hydrogen) atoms. The first-order chi connectivity index (χ1) is 13.0. The molecule has 1 aliphatic rings. The van der Waals surface area contributed by atoms with Crippen LogP contribution in [0.2, 0.25) is 0 Å². The number of aliphatic hydroxyl groups is 2. The van der Waals surface area contributed by atoms with Crippen LogP contribution in [0.5, 0.6) is 0 Å². The molecule has 1 rings (SSSR count). The van der Waals surface area contributed by atoms with Crippen molar-refractivity contribution >= 4 is 11.8 Å². The molecule has 1 fully saturated rings. The largest absolute Gasteiger partial charge is 0.481 e. The summed E-state index contributed by atoms with van der Waals surface area (Å²) in [4.78, 5) is 22.5. The molecule has 150 valence electrons. The number of carboxylic acid groups (broad SMARTS) is 1. The Morgan fingerprint density at radius 1 is 1.15 bits per heavy atom. The molecule has 5 heteroatoms. The van der Waals surface area contributed by atoms with Gasteiger partial charge < -0.3 is 15.3 Å². The maximum Gasteiger partial charge on any atom is 0.303 e. The van der Waals surface area contributed by atoms with E-state index in [1.807, 2.05) is 43.4 Å². The summed E-state index contributed by atoms with van der Waals surface area (Å²) < 4.78 is 0. The number of hydrogen-bond acceptors (Lipinski definition) is 4. The van der Waals surface area contributed by atoms with Crippen LogP contribution in [0.15, 0.2) is 48.6 Å². The minimum Gasteiger partial charge on any atom is -0.481 e.